The largest absolute Gasteiger partial charge is 0.433 e. The fourth-order valence-corrected chi connectivity index (χ4v) is 4.01. The van der Waals surface area contributed by atoms with E-state index in [2.05, 4.69) is 10.3 Å². The number of alkyl halides is 5. The molecule has 2 atom stereocenters. The monoisotopic (exact) mass is 480 g/mol. The molecule has 1 aliphatic rings. The molecule has 34 heavy (non-hydrogen) atoms. The van der Waals surface area contributed by atoms with Gasteiger partial charge in [0.1, 0.15) is 22.9 Å². The van der Waals surface area contributed by atoms with Gasteiger partial charge in [0.2, 0.25) is 0 Å². The van der Waals surface area contributed by atoms with Crippen molar-refractivity contribution in [2.75, 3.05) is 0 Å². The molecule has 2 aromatic heterocycles. The average Bonchev–Trinajstić information content (AvgIpc) is 3.13. The number of nitrogens with zero attached hydrogens (tertiary/aromatic N) is 3. The number of halogens is 6. The molecule has 0 bridgehead atoms. The summed E-state index contributed by atoms with van der Waals surface area (Å²) >= 11 is 0. The van der Waals surface area contributed by atoms with Crippen LogP contribution in [0.15, 0.2) is 70.7 Å². The lowest BCUT2D eigenvalue weighted by Crippen LogP contribution is -2.41. The number of hydrogen-bond acceptors (Lipinski definition) is 4. The topological polar surface area (TPSA) is 59.3 Å². The molecule has 0 saturated heterocycles. The highest BCUT2D eigenvalue weighted by atomic mass is 19.4. The number of nitrogens with one attached hydrogen (secondary N) is 1. The van der Waals surface area contributed by atoms with E-state index in [9.17, 15) is 31.1 Å². The normalized spacial score (nSPS) is 20.4. The number of aromatic nitrogens is 2. The highest BCUT2D eigenvalue weighted by Gasteiger charge is 2.46. The first-order chi connectivity index (χ1) is 16.0. The van der Waals surface area contributed by atoms with Gasteiger partial charge in [0, 0.05) is 29.6 Å². The quantitative estimate of drug-likeness (QED) is 0.553. The van der Waals surface area contributed by atoms with Crippen LogP contribution in [0.5, 0.6) is 0 Å². The van der Waals surface area contributed by atoms with Gasteiger partial charge in [-0.1, -0.05) is 18.2 Å². The average molecular weight is 480 g/mol. The van der Waals surface area contributed by atoms with E-state index >= 15 is 0 Å². The van der Waals surface area contributed by atoms with Crippen molar-refractivity contribution in [3.05, 3.63) is 99.5 Å². The van der Waals surface area contributed by atoms with E-state index in [1.54, 1.807) is 6.92 Å². The van der Waals surface area contributed by atoms with Crippen LogP contribution < -0.4 is 10.9 Å². The Bertz CT molecular complexity index is 1270. The molecule has 5 nitrogen and oxygen atoms in total. The summed E-state index contributed by atoms with van der Waals surface area (Å²) in [5.41, 5.74) is -1.88. The molecule has 0 radical (unpaired) electrons. The van der Waals surface area contributed by atoms with E-state index < -0.39 is 47.8 Å². The number of amidine groups is 1. The summed E-state index contributed by atoms with van der Waals surface area (Å²) in [5, 5.41) is 3.12. The standard InChI is InChI=1S/C23H18F6N4O/c1-13-22(15-3-6-17(24)7-4-15,16-5-8-18(30-10-16)23(27,28)29)32-21(31-13)14-2-9-20(34)33(11-14)12-19(25)26/h2-11,13,19H,12H2,1H3,(H,31,32)/t13-,22-/m0/s1. The minimum Gasteiger partial charge on any atom is -0.364 e. The third-order valence-corrected chi connectivity index (χ3v) is 5.64. The predicted molar refractivity (Wildman–Crippen MR) is 112 cm³/mol. The van der Waals surface area contributed by atoms with Crippen LogP contribution in [0.1, 0.15) is 29.3 Å². The highest BCUT2D eigenvalue weighted by Crippen LogP contribution is 2.41. The first-order valence-electron chi connectivity index (χ1n) is 10.2. The molecule has 1 N–H and O–H groups in total. The van der Waals surface area contributed by atoms with Crippen molar-refractivity contribution in [2.45, 2.75) is 37.7 Å². The second-order valence-corrected chi connectivity index (χ2v) is 7.83. The third kappa shape index (κ3) is 4.29. The van der Waals surface area contributed by atoms with Crippen LogP contribution in [-0.4, -0.2) is 27.9 Å². The van der Waals surface area contributed by atoms with Crippen LogP contribution in [0.4, 0.5) is 26.3 Å². The van der Waals surface area contributed by atoms with Gasteiger partial charge in [0.25, 0.3) is 12.0 Å². The molecule has 178 valence electrons. The molecule has 1 aliphatic heterocycles. The molecular formula is C23H18F6N4O. The van der Waals surface area contributed by atoms with Crippen molar-refractivity contribution >= 4 is 5.84 Å². The SMILES string of the molecule is C[C@@H]1NC(c2ccc(=O)n(CC(F)F)c2)=N[C@@]1(c1ccc(F)cc1)c1ccc(C(F)(F)F)nc1. The molecule has 0 spiro atoms. The summed E-state index contributed by atoms with van der Waals surface area (Å²) in [6, 6.07) is 9.42. The molecular weight excluding hydrogens is 462 g/mol. The summed E-state index contributed by atoms with van der Waals surface area (Å²) in [7, 11) is 0. The molecule has 0 unspecified atom stereocenters. The van der Waals surface area contributed by atoms with Crippen molar-refractivity contribution in [3.8, 4) is 0 Å². The number of aliphatic imine (C=N–C) groups is 1. The van der Waals surface area contributed by atoms with Crippen molar-refractivity contribution in [1.82, 2.24) is 14.9 Å². The maximum absolute atomic E-state index is 13.6. The van der Waals surface area contributed by atoms with Crippen LogP contribution in [0.25, 0.3) is 0 Å². The zero-order chi connectivity index (χ0) is 24.7. The smallest absolute Gasteiger partial charge is 0.364 e. The molecule has 0 fully saturated rings. The van der Waals surface area contributed by atoms with Gasteiger partial charge >= 0.3 is 6.18 Å². The third-order valence-electron chi connectivity index (χ3n) is 5.64. The molecule has 4 rings (SSSR count). The number of rotatable bonds is 5. The van der Waals surface area contributed by atoms with E-state index in [1.165, 1.54) is 42.6 Å². The van der Waals surface area contributed by atoms with Gasteiger partial charge in [0.15, 0.2) is 0 Å². The van der Waals surface area contributed by atoms with Crippen LogP contribution in [0.3, 0.4) is 0 Å². The van der Waals surface area contributed by atoms with Crippen LogP contribution in [0.2, 0.25) is 0 Å². The zero-order valence-corrected chi connectivity index (χ0v) is 17.7. The molecule has 1 aromatic carbocycles. The van der Waals surface area contributed by atoms with E-state index in [1.807, 2.05) is 0 Å². The lowest BCUT2D eigenvalue weighted by Gasteiger charge is -2.31. The Kier molecular flexibility index (Phi) is 5.96. The Labute approximate surface area is 189 Å². The van der Waals surface area contributed by atoms with Gasteiger partial charge in [-0.15, -0.1) is 0 Å². The van der Waals surface area contributed by atoms with Gasteiger partial charge in [-0.3, -0.25) is 9.78 Å². The number of pyridine rings is 2. The Balaban J connectivity index is 1.87. The molecule has 0 amide bonds. The van der Waals surface area contributed by atoms with Crippen molar-refractivity contribution in [3.63, 3.8) is 0 Å². The summed E-state index contributed by atoms with van der Waals surface area (Å²) in [6.45, 7) is 0.925. The van der Waals surface area contributed by atoms with Crippen LogP contribution >= 0.6 is 0 Å². The molecule has 3 aromatic rings. The number of benzene rings is 1. The van der Waals surface area contributed by atoms with E-state index in [0.717, 1.165) is 22.9 Å². The first kappa shape index (κ1) is 23.5. The summed E-state index contributed by atoms with van der Waals surface area (Å²) in [4.78, 5) is 20.2. The van der Waals surface area contributed by atoms with Crippen molar-refractivity contribution in [2.24, 2.45) is 4.99 Å². The Morgan fingerprint density at radius 1 is 1.06 bits per heavy atom. The molecule has 11 heteroatoms. The van der Waals surface area contributed by atoms with E-state index in [0.29, 0.717) is 16.7 Å². The Morgan fingerprint density at radius 3 is 2.32 bits per heavy atom. The lowest BCUT2D eigenvalue weighted by atomic mass is 9.79. The Hall–Kier alpha value is -3.63. The maximum Gasteiger partial charge on any atom is 0.433 e. The second kappa shape index (κ2) is 8.62. The predicted octanol–water partition coefficient (Wildman–Crippen LogP) is 4.35. The maximum atomic E-state index is 13.6. The minimum atomic E-state index is -4.63. The molecule has 0 aliphatic carbocycles. The summed E-state index contributed by atoms with van der Waals surface area (Å²) in [6.07, 6.45) is -5.08. The molecule has 0 saturated carbocycles. The van der Waals surface area contributed by atoms with Gasteiger partial charge in [-0.05, 0) is 36.8 Å². The van der Waals surface area contributed by atoms with E-state index in [4.69, 9.17) is 4.99 Å². The molecule has 3 heterocycles. The van der Waals surface area contributed by atoms with Crippen LogP contribution in [0, 0.1) is 5.82 Å². The van der Waals surface area contributed by atoms with E-state index in [-0.39, 0.29) is 5.84 Å². The Morgan fingerprint density at radius 2 is 1.74 bits per heavy atom. The lowest BCUT2D eigenvalue weighted by molar-refractivity contribution is -0.141. The van der Waals surface area contributed by atoms with Crippen molar-refractivity contribution < 1.29 is 26.3 Å². The fourth-order valence-electron chi connectivity index (χ4n) is 4.01. The minimum absolute atomic E-state index is 0.236. The second-order valence-electron chi connectivity index (χ2n) is 7.83. The van der Waals surface area contributed by atoms with Crippen LogP contribution in [-0.2, 0) is 18.3 Å². The highest BCUT2D eigenvalue weighted by molar-refractivity contribution is 6.00. The van der Waals surface area contributed by atoms with Gasteiger partial charge < -0.3 is 9.88 Å². The summed E-state index contributed by atoms with van der Waals surface area (Å²) in [5.74, 6) is -0.272. The number of hydrogen-bond donors (Lipinski definition) is 1. The van der Waals surface area contributed by atoms with Gasteiger partial charge in [-0.2, -0.15) is 13.2 Å². The van der Waals surface area contributed by atoms with Gasteiger partial charge in [-0.25, -0.2) is 18.2 Å². The summed E-state index contributed by atoms with van der Waals surface area (Å²) < 4.78 is 79.4. The fraction of sp³-hybridized carbons (Fsp3) is 0.261. The van der Waals surface area contributed by atoms with Gasteiger partial charge in [0.05, 0.1) is 12.6 Å². The van der Waals surface area contributed by atoms with Crippen molar-refractivity contribution in [1.29, 1.82) is 0 Å². The zero-order valence-electron chi connectivity index (χ0n) is 17.7. The first-order valence-corrected chi connectivity index (χ1v) is 10.2.